The van der Waals surface area contributed by atoms with Crippen LogP contribution in [0, 0.1) is 6.92 Å². The van der Waals surface area contributed by atoms with E-state index in [1.54, 1.807) is 25.1 Å². The fraction of sp³-hybridized carbons (Fsp3) is 0.231. The molecule has 0 fully saturated rings. The van der Waals surface area contributed by atoms with Gasteiger partial charge in [0.05, 0.1) is 0 Å². The number of alkyl carbamates (subject to hydrolysis) is 1. The summed E-state index contributed by atoms with van der Waals surface area (Å²) in [6.45, 7) is 1.87. The minimum absolute atomic E-state index is 0.0861. The SMILES string of the molecule is Cc1cccc(NC(=O)C(CCC(=O)O)NC(=O)OCC2c3ccccc3-c3ccccc32)n1. The highest BCUT2D eigenvalue weighted by molar-refractivity contribution is 5.96. The lowest BCUT2D eigenvalue weighted by molar-refractivity contribution is -0.137. The Labute approximate surface area is 197 Å². The molecule has 0 saturated heterocycles. The van der Waals surface area contributed by atoms with Crippen molar-refractivity contribution in [2.45, 2.75) is 31.7 Å². The van der Waals surface area contributed by atoms with Gasteiger partial charge >= 0.3 is 12.1 Å². The third kappa shape index (κ3) is 5.23. The predicted molar refractivity (Wildman–Crippen MR) is 126 cm³/mol. The van der Waals surface area contributed by atoms with E-state index in [4.69, 9.17) is 9.84 Å². The molecule has 1 aliphatic rings. The highest BCUT2D eigenvalue weighted by Crippen LogP contribution is 2.44. The van der Waals surface area contributed by atoms with E-state index in [2.05, 4.69) is 15.6 Å². The van der Waals surface area contributed by atoms with Crippen LogP contribution in [0.4, 0.5) is 10.6 Å². The number of carboxylic acid groups (broad SMARTS) is 1. The fourth-order valence-corrected chi connectivity index (χ4v) is 4.14. The van der Waals surface area contributed by atoms with Crippen LogP contribution in [0.25, 0.3) is 11.1 Å². The number of aromatic nitrogens is 1. The number of nitrogens with one attached hydrogen (secondary N) is 2. The number of anilines is 1. The van der Waals surface area contributed by atoms with Crippen LogP contribution in [0.2, 0.25) is 0 Å². The minimum Gasteiger partial charge on any atom is -0.481 e. The molecule has 0 spiro atoms. The summed E-state index contributed by atoms with van der Waals surface area (Å²) in [5.74, 6) is -1.44. The number of pyridine rings is 1. The summed E-state index contributed by atoms with van der Waals surface area (Å²) in [6.07, 6.45) is -1.16. The van der Waals surface area contributed by atoms with Crippen LogP contribution in [-0.4, -0.2) is 40.7 Å². The second-order valence-electron chi connectivity index (χ2n) is 8.11. The summed E-state index contributed by atoms with van der Waals surface area (Å²) >= 11 is 0. The van der Waals surface area contributed by atoms with Crippen LogP contribution in [0.1, 0.15) is 35.6 Å². The number of carboxylic acids is 1. The Balaban J connectivity index is 1.43. The number of benzene rings is 2. The molecule has 1 atom stereocenters. The van der Waals surface area contributed by atoms with E-state index in [1.807, 2.05) is 48.5 Å². The Morgan fingerprint density at radius 2 is 1.62 bits per heavy atom. The largest absolute Gasteiger partial charge is 0.481 e. The van der Waals surface area contributed by atoms with Gasteiger partial charge in [0.15, 0.2) is 0 Å². The van der Waals surface area contributed by atoms with Gasteiger partial charge < -0.3 is 20.5 Å². The van der Waals surface area contributed by atoms with Crippen molar-refractivity contribution in [1.82, 2.24) is 10.3 Å². The lowest BCUT2D eigenvalue weighted by Crippen LogP contribution is -2.44. The van der Waals surface area contributed by atoms with Gasteiger partial charge in [-0.2, -0.15) is 0 Å². The summed E-state index contributed by atoms with van der Waals surface area (Å²) in [7, 11) is 0. The van der Waals surface area contributed by atoms with Crippen molar-refractivity contribution < 1.29 is 24.2 Å². The van der Waals surface area contributed by atoms with Crippen molar-refractivity contribution >= 4 is 23.8 Å². The Morgan fingerprint density at radius 3 is 2.24 bits per heavy atom. The lowest BCUT2D eigenvalue weighted by atomic mass is 9.98. The Morgan fingerprint density at radius 1 is 0.971 bits per heavy atom. The van der Waals surface area contributed by atoms with Gasteiger partial charge in [0.2, 0.25) is 5.91 Å². The van der Waals surface area contributed by atoms with Crippen molar-refractivity contribution in [3.05, 3.63) is 83.6 Å². The zero-order valence-electron chi connectivity index (χ0n) is 18.7. The smallest absolute Gasteiger partial charge is 0.407 e. The summed E-state index contributed by atoms with van der Waals surface area (Å²) in [5, 5.41) is 14.2. The normalized spacial score (nSPS) is 12.9. The van der Waals surface area contributed by atoms with Gasteiger partial charge in [-0.1, -0.05) is 54.6 Å². The van der Waals surface area contributed by atoms with Crippen molar-refractivity contribution in [3.8, 4) is 11.1 Å². The maximum absolute atomic E-state index is 12.7. The van der Waals surface area contributed by atoms with E-state index in [1.165, 1.54) is 0 Å². The van der Waals surface area contributed by atoms with Gasteiger partial charge in [-0.05, 0) is 47.7 Å². The van der Waals surface area contributed by atoms with E-state index in [0.29, 0.717) is 11.5 Å². The first kappa shape index (κ1) is 23.0. The third-order valence-corrected chi connectivity index (χ3v) is 5.74. The highest BCUT2D eigenvalue weighted by atomic mass is 16.5. The molecule has 8 heteroatoms. The second-order valence-corrected chi connectivity index (χ2v) is 8.11. The number of hydrogen-bond donors (Lipinski definition) is 3. The lowest BCUT2D eigenvalue weighted by Gasteiger charge is -2.19. The summed E-state index contributed by atoms with van der Waals surface area (Å²) < 4.78 is 5.50. The Kier molecular flexibility index (Phi) is 6.87. The molecule has 34 heavy (non-hydrogen) atoms. The standard InChI is InChI=1S/C26H25N3O5/c1-16-7-6-12-23(27-16)29-25(32)22(13-14-24(30)31)28-26(33)34-15-21-19-10-4-2-8-17(19)18-9-3-5-11-20(18)21/h2-12,21-22H,13-15H2,1H3,(H,28,33)(H,30,31)(H,27,29,32). The molecular weight excluding hydrogens is 434 g/mol. The van der Waals surface area contributed by atoms with Crippen molar-refractivity contribution in [3.63, 3.8) is 0 Å². The number of amides is 2. The average Bonchev–Trinajstić information content (AvgIpc) is 3.14. The number of carbonyl (C=O) groups excluding carboxylic acids is 2. The molecule has 2 amide bonds. The summed E-state index contributed by atoms with van der Waals surface area (Å²) in [6, 6.07) is 20.0. The van der Waals surface area contributed by atoms with Gasteiger partial charge in [0.1, 0.15) is 18.5 Å². The molecule has 174 valence electrons. The first-order valence-corrected chi connectivity index (χ1v) is 11.0. The maximum Gasteiger partial charge on any atom is 0.407 e. The Bertz CT molecular complexity index is 1180. The minimum atomic E-state index is -1.09. The number of hydrogen-bond acceptors (Lipinski definition) is 5. The van der Waals surface area contributed by atoms with Crippen LogP contribution in [0.3, 0.4) is 0 Å². The van der Waals surface area contributed by atoms with Crippen LogP contribution < -0.4 is 10.6 Å². The highest BCUT2D eigenvalue weighted by Gasteiger charge is 2.30. The molecular formula is C26H25N3O5. The molecule has 0 bridgehead atoms. The molecule has 8 nitrogen and oxygen atoms in total. The topological polar surface area (TPSA) is 118 Å². The summed E-state index contributed by atoms with van der Waals surface area (Å²) in [4.78, 5) is 40.6. The molecule has 2 aromatic carbocycles. The molecule has 0 radical (unpaired) electrons. The quantitative estimate of drug-likeness (QED) is 0.467. The number of ether oxygens (including phenoxy) is 1. The van der Waals surface area contributed by atoms with Gasteiger partial charge in [0, 0.05) is 18.0 Å². The predicted octanol–water partition coefficient (Wildman–Crippen LogP) is 4.10. The molecule has 1 unspecified atom stereocenters. The van der Waals surface area contributed by atoms with Crippen LogP contribution in [0.5, 0.6) is 0 Å². The zero-order chi connectivity index (χ0) is 24.1. The first-order chi connectivity index (χ1) is 16.4. The van der Waals surface area contributed by atoms with E-state index in [0.717, 1.165) is 22.3 Å². The van der Waals surface area contributed by atoms with E-state index in [-0.39, 0.29) is 25.4 Å². The average molecular weight is 460 g/mol. The van der Waals surface area contributed by atoms with Crippen LogP contribution in [0.15, 0.2) is 66.7 Å². The summed E-state index contributed by atoms with van der Waals surface area (Å²) in [5.41, 5.74) is 5.07. The van der Waals surface area contributed by atoms with Crippen LogP contribution in [-0.2, 0) is 14.3 Å². The monoisotopic (exact) mass is 459 g/mol. The van der Waals surface area contributed by atoms with E-state index < -0.39 is 24.0 Å². The van der Waals surface area contributed by atoms with Crippen LogP contribution >= 0.6 is 0 Å². The number of rotatable bonds is 8. The van der Waals surface area contributed by atoms with E-state index in [9.17, 15) is 14.4 Å². The van der Waals surface area contributed by atoms with Crippen molar-refractivity contribution in [2.75, 3.05) is 11.9 Å². The Hall–Kier alpha value is -4.20. The van der Waals surface area contributed by atoms with Gasteiger partial charge in [-0.25, -0.2) is 9.78 Å². The van der Waals surface area contributed by atoms with E-state index >= 15 is 0 Å². The maximum atomic E-state index is 12.7. The number of carbonyl (C=O) groups is 3. The fourth-order valence-electron chi connectivity index (χ4n) is 4.14. The zero-order valence-corrected chi connectivity index (χ0v) is 18.7. The number of aryl methyl sites for hydroxylation is 1. The third-order valence-electron chi connectivity index (χ3n) is 5.74. The second kappa shape index (κ2) is 10.2. The number of aliphatic carboxylic acids is 1. The molecule has 4 rings (SSSR count). The number of fused-ring (bicyclic) bond motifs is 3. The van der Waals surface area contributed by atoms with Gasteiger partial charge in [-0.15, -0.1) is 0 Å². The molecule has 0 saturated carbocycles. The number of nitrogens with zero attached hydrogens (tertiary/aromatic N) is 1. The molecule has 1 aromatic heterocycles. The molecule has 1 heterocycles. The van der Waals surface area contributed by atoms with Gasteiger partial charge in [0.25, 0.3) is 0 Å². The first-order valence-electron chi connectivity index (χ1n) is 11.0. The van der Waals surface area contributed by atoms with Gasteiger partial charge in [-0.3, -0.25) is 9.59 Å². The molecule has 0 aliphatic heterocycles. The molecule has 3 N–H and O–H groups in total. The molecule has 1 aliphatic carbocycles. The van der Waals surface area contributed by atoms with Crippen molar-refractivity contribution in [2.24, 2.45) is 0 Å². The molecule has 3 aromatic rings. The van der Waals surface area contributed by atoms with Crippen molar-refractivity contribution in [1.29, 1.82) is 0 Å².